The minimum Gasteiger partial charge on any atom is -0.457 e. The molecule has 5 aromatic rings. The van der Waals surface area contributed by atoms with Crippen molar-refractivity contribution in [3.8, 4) is 33.8 Å². The zero-order valence-corrected chi connectivity index (χ0v) is 25.4. The first-order valence-corrected chi connectivity index (χ1v) is 14.9. The van der Waals surface area contributed by atoms with E-state index in [1.807, 2.05) is 61.8 Å². The van der Waals surface area contributed by atoms with E-state index in [1.54, 1.807) is 46.2 Å². The number of nitrogens with one attached hydrogen (secondary N) is 1. The molecule has 1 saturated heterocycles. The Hall–Kier alpha value is -5.19. The van der Waals surface area contributed by atoms with Crippen molar-refractivity contribution in [2.75, 3.05) is 18.8 Å². The highest BCUT2D eigenvalue weighted by Crippen LogP contribution is 2.33. The van der Waals surface area contributed by atoms with Crippen molar-refractivity contribution in [3.05, 3.63) is 113 Å². The van der Waals surface area contributed by atoms with Crippen molar-refractivity contribution < 1.29 is 14.3 Å². The summed E-state index contributed by atoms with van der Waals surface area (Å²) in [7, 11) is 1.82. The van der Waals surface area contributed by atoms with Crippen LogP contribution in [0.15, 0.2) is 91.4 Å². The number of nitrogens with zero attached hydrogens (tertiary/aromatic N) is 4. The lowest BCUT2D eigenvalue weighted by molar-refractivity contribution is 0.0783. The van der Waals surface area contributed by atoms with Crippen LogP contribution < -0.4 is 21.5 Å². The third-order valence-electron chi connectivity index (χ3n) is 7.79. The average Bonchev–Trinajstić information content (AvgIpc) is 3.70. The van der Waals surface area contributed by atoms with Gasteiger partial charge >= 0.3 is 0 Å². The molecule has 0 aliphatic carbocycles. The Bertz CT molecular complexity index is 1860. The van der Waals surface area contributed by atoms with Gasteiger partial charge in [0, 0.05) is 73.4 Å². The largest absolute Gasteiger partial charge is 0.457 e. The maximum absolute atomic E-state index is 13.3. The lowest BCUT2D eigenvalue weighted by Gasteiger charge is -2.18. The molecular formula is C34H32ClN7O3. The molecule has 1 aliphatic heterocycles. The first-order chi connectivity index (χ1) is 21.8. The molecule has 3 heterocycles. The van der Waals surface area contributed by atoms with E-state index in [2.05, 4.69) is 15.4 Å². The molecule has 0 unspecified atom stereocenters. The number of likely N-dealkylation sites (tertiary alicyclic amines) is 1. The third-order valence-corrected chi connectivity index (χ3v) is 8.10. The van der Waals surface area contributed by atoms with Gasteiger partial charge in [-0.05, 0) is 60.0 Å². The molecule has 1 aliphatic rings. The Labute approximate surface area is 265 Å². The summed E-state index contributed by atoms with van der Waals surface area (Å²) in [6.07, 6.45) is 5.79. The molecule has 1 atom stereocenters. The highest BCUT2D eigenvalue weighted by Gasteiger charge is 2.29. The summed E-state index contributed by atoms with van der Waals surface area (Å²) in [5, 5.41) is 7.72. The number of anilines is 1. The van der Waals surface area contributed by atoms with Crippen LogP contribution in [0.2, 0.25) is 5.02 Å². The van der Waals surface area contributed by atoms with Crippen LogP contribution in [-0.4, -0.2) is 50.6 Å². The smallest absolute Gasteiger partial charge is 0.255 e. The molecule has 45 heavy (non-hydrogen) atoms. The number of hydrogen-bond acceptors (Lipinski definition) is 7. The number of ether oxygens (including phenoxy) is 1. The third kappa shape index (κ3) is 6.67. The number of nitrogen functional groups attached to an aromatic ring is 1. The number of halogens is 1. The lowest BCUT2D eigenvalue weighted by Crippen LogP contribution is -2.38. The molecule has 10 nitrogen and oxygen atoms in total. The van der Waals surface area contributed by atoms with Crippen LogP contribution in [-0.2, 0) is 13.6 Å². The predicted octanol–water partition coefficient (Wildman–Crippen LogP) is 5.28. The second-order valence-electron chi connectivity index (χ2n) is 10.9. The van der Waals surface area contributed by atoms with E-state index < -0.39 is 0 Å². The van der Waals surface area contributed by atoms with Crippen molar-refractivity contribution in [2.45, 2.75) is 19.0 Å². The molecule has 0 spiro atoms. The minimum atomic E-state index is -0.327. The molecule has 2 amide bonds. The number of nitrogens with two attached hydrogens (primary N) is 2. The van der Waals surface area contributed by atoms with Gasteiger partial charge < -0.3 is 26.4 Å². The maximum Gasteiger partial charge on any atom is 0.255 e. The van der Waals surface area contributed by atoms with Crippen molar-refractivity contribution in [3.63, 3.8) is 0 Å². The number of hydrogen-bond donors (Lipinski definition) is 3. The van der Waals surface area contributed by atoms with Gasteiger partial charge in [0.05, 0.1) is 16.8 Å². The molecule has 0 bridgehead atoms. The van der Waals surface area contributed by atoms with Crippen molar-refractivity contribution in [1.29, 1.82) is 0 Å². The summed E-state index contributed by atoms with van der Waals surface area (Å²) in [5.41, 5.74) is 16.8. The van der Waals surface area contributed by atoms with E-state index in [4.69, 9.17) is 27.8 Å². The van der Waals surface area contributed by atoms with Gasteiger partial charge in [0.1, 0.15) is 17.3 Å². The predicted molar refractivity (Wildman–Crippen MR) is 174 cm³/mol. The number of aryl methyl sites for hydroxylation is 1. The molecule has 5 N–H and O–H groups in total. The Morgan fingerprint density at radius 3 is 2.42 bits per heavy atom. The minimum absolute atomic E-state index is 0.103. The van der Waals surface area contributed by atoms with Gasteiger partial charge in [0.25, 0.3) is 11.8 Å². The zero-order chi connectivity index (χ0) is 31.5. The Balaban J connectivity index is 1.07. The second-order valence-corrected chi connectivity index (χ2v) is 11.3. The van der Waals surface area contributed by atoms with Crippen molar-refractivity contribution >= 4 is 29.2 Å². The zero-order valence-electron chi connectivity index (χ0n) is 24.6. The van der Waals surface area contributed by atoms with Gasteiger partial charge in [-0.25, -0.2) is 4.98 Å². The van der Waals surface area contributed by atoms with Crippen LogP contribution in [0, 0.1) is 0 Å². The van der Waals surface area contributed by atoms with Gasteiger partial charge in [-0.2, -0.15) is 5.10 Å². The molecule has 0 radical (unpaired) electrons. The molecule has 228 valence electrons. The van der Waals surface area contributed by atoms with Crippen LogP contribution in [0.25, 0.3) is 22.3 Å². The average molecular weight is 622 g/mol. The summed E-state index contributed by atoms with van der Waals surface area (Å²) >= 11 is 6.61. The lowest BCUT2D eigenvalue weighted by atomic mass is 10.0. The molecule has 11 heteroatoms. The first kappa shape index (κ1) is 29.9. The van der Waals surface area contributed by atoms with E-state index in [0.29, 0.717) is 48.1 Å². The van der Waals surface area contributed by atoms with Gasteiger partial charge in [0.2, 0.25) is 0 Å². The fraction of sp³-hybridized carbons (Fsp3) is 0.176. The van der Waals surface area contributed by atoms with Crippen molar-refractivity contribution in [2.24, 2.45) is 12.8 Å². The van der Waals surface area contributed by atoms with Crippen LogP contribution in [0.5, 0.6) is 11.5 Å². The monoisotopic (exact) mass is 621 g/mol. The normalized spacial score (nSPS) is 14.4. The SMILES string of the molecule is Cn1cc(-c2cnc(N)c(C(=O)N[C@@H]3CCN(C(=O)c4ccc(-c5ccc(Oc6ccc(CN)cc6)cc5Cl)cc4)C3)c2)cn1. The van der Waals surface area contributed by atoms with E-state index >= 15 is 0 Å². The van der Waals surface area contributed by atoms with Gasteiger partial charge in [-0.1, -0.05) is 35.9 Å². The van der Waals surface area contributed by atoms with E-state index in [9.17, 15) is 9.59 Å². The standard InChI is InChI=1S/C34H32ClN7O3/c1-41-19-25(18-39-41)24-14-30(32(37)38-17-24)33(43)40-26-12-13-42(20-26)34(44)23-6-4-22(5-7-23)29-11-10-28(15-31(29)35)45-27-8-2-21(16-36)3-9-27/h2-11,14-15,17-19,26H,12-13,16,20,36H2,1H3,(H2,37,38)(H,40,43)/t26-/m1/s1. The molecular weight excluding hydrogens is 590 g/mol. The number of carbonyl (C=O) groups excluding carboxylic acids is 2. The van der Waals surface area contributed by atoms with Crippen LogP contribution in [0.4, 0.5) is 5.82 Å². The summed E-state index contributed by atoms with van der Waals surface area (Å²) in [6.45, 7) is 1.39. The molecule has 1 fully saturated rings. The highest BCUT2D eigenvalue weighted by atomic mass is 35.5. The van der Waals surface area contributed by atoms with Crippen LogP contribution >= 0.6 is 11.6 Å². The fourth-order valence-electron chi connectivity index (χ4n) is 5.31. The molecule has 2 aromatic heterocycles. The Morgan fingerprint density at radius 2 is 1.73 bits per heavy atom. The van der Waals surface area contributed by atoms with E-state index in [1.165, 1.54) is 0 Å². The summed E-state index contributed by atoms with van der Waals surface area (Å²) < 4.78 is 7.61. The highest BCUT2D eigenvalue weighted by molar-refractivity contribution is 6.33. The first-order valence-electron chi connectivity index (χ1n) is 14.5. The maximum atomic E-state index is 13.3. The number of aromatic nitrogens is 3. The molecule has 3 aromatic carbocycles. The van der Waals surface area contributed by atoms with Crippen LogP contribution in [0.3, 0.4) is 0 Å². The summed E-state index contributed by atoms with van der Waals surface area (Å²) in [4.78, 5) is 32.4. The van der Waals surface area contributed by atoms with Gasteiger partial charge in [0.15, 0.2) is 0 Å². The van der Waals surface area contributed by atoms with E-state index in [0.717, 1.165) is 27.8 Å². The topological polar surface area (TPSA) is 141 Å². The quantitative estimate of drug-likeness (QED) is 0.214. The number of amides is 2. The summed E-state index contributed by atoms with van der Waals surface area (Å²) in [5.74, 6) is 1.03. The molecule has 6 rings (SSSR count). The summed E-state index contributed by atoms with van der Waals surface area (Å²) in [6, 6.07) is 21.9. The van der Waals surface area contributed by atoms with Crippen LogP contribution in [0.1, 0.15) is 32.7 Å². The number of rotatable bonds is 8. The Morgan fingerprint density at radius 1 is 0.978 bits per heavy atom. The number of benzene rings is 3. The molecule has 0 saturated carbocycles. The number of pyridine rings is 1. The van der Waals surface area contributed by atoms with Gasteiger partial charge in [-0.3, -0.25) is 14.3 Å². The number of carbonyl (C=O) groups is 2. The Kier molecular flexibility index (Phi) is 8.50. The fourth-order valence-corrected chi connectivity index (χ4v) is 5.59. The van der Waals surface area contributed by atoms with Crippen molar-refractivity contribution in [1.82, 2.24) is 25.0 Å². The van der Waals surface area contributed by atoms with E-state index in [-0.39, 0.29) is 29.2 Å². The second kappa shape index (κ2) is 12.8. The van der Waals surface area contributed by atoms with Gasteiger partial charge in [-0.15, -0.1) is 0 Å².